The second-order valence-electron chi connectivity index (χ2n) is 4.21. The van der Waals surface area contributed by atoms with Gasteiger partial charge in [0.15, 0.2) is 11.5 Å². The van der Waals surface area contributed by atoms with E-state index in [1.807, 2.05) is 12.1 Å². The highest BCUT2D eigenvalue weighted by molar-refractivity contribution is 14.1. The summed E-state index contributed by atoms with van der Waals surface area (Å²) in [5, 5.41) is 1.51. The maximum absolute atomic E-state index is 12.1. The van der Waals surface area contributed by atoms with Crippen LogP contribution in [0.5, 0.6) is 11.5 Å². The van der Waals surface area contributed by atoms with Crippen molar-refractivity contribution >= 4 is 33.4 Å². The van der Waals surface area contributed by atoms with Crippen LogP contribution < -0.4 is 15.0 Å². The summed E-state index contributed by atoms with van der Waals surface area (Å²) in [7, 11) is 3.34. The molecule has 102 valence electrons. The van der Waals surface area contributed by atoms with Gasteiger partial charge in [-0.3, -0.25) is 4.79 Å². The summed E-state index contributed by atoms with van der Waals surface area (Å²) >= 11 is 2.31. The maximum Gasteiger partial charge on any atom is 0.258 e. The summed E-state index contributed by atoms with van der Waals surface area (Å²) in [6.07, 6.45) is 2.72. The topological polar surface area (TPSA) is 40.5 Å². The van der Waals surface area contributed by atoms with Crippen molar-refractivity contribution in [3.63, 3.8) is 0 Å². The Kier molecular flexibility index (Phi) is 4.68. The Balaban J connectivity index is 2.49. The number of rotatable bonds is 5. The fraction of sp³-hybridized carbons (Fsp3) is 0.357. The van der Waals surface area contributed by atoms with Gasteiger partial charge in [0.2, 0.25) is 0 Å². The van der Waals surface area contributed by atoms with E-state index >= 15 is 0 Å². The van der Waals surface area contributed by atoms with Crippen molar-refractivity contribution in [3.8, 4) is 11.5 Å². The number of pyridine rings is 1. The zero-order valence-corrected chi connectivity index (χ0v) is 13.1. The highest BCUT2D eigenvalue weighted by Gasteiger charge is 2.09. The average Bonchev–Trinajstić information content (AvgIpc) is 2.43. The largest absolute Gasteiger partial charge is 0.493 e. The third kappa shape index (κ3) is 3.02. The molecule has 0 aliphatic rings. The lowest BCUT2D eigenvalue weighted by molar-refractivity contribution is 0.296. The molecule has 0 saturated carbocycles. The van der Waals surface area contributed by atoms with Crippen molar-refractivity contribution in [1.29, 1.82) is 0 Å². The van der Waals surface area contributed by atoms with Crippen molar-refractivity contribution < 1.29 is 9.47 Å². The highest BCUT2D eigenvalue weighted by atomic mass is 127. The molecule has 0 bridgehead atoms. The standard InChI is InChI=1S/C14H16INO3/c1-16-6-4-10-8-12(18-2)13(19-7-3-5-15)9-11(10)14(16)17/h4,6,8-9H,3,5,7H2,1-2H3. The summed E-state index contributed by atoms with van der Waals surface area (Å²) in [6.45, 7) is 0.623. The summed E-state index contributed by atoms with van der Waals surface area (Å²) < 4.78 is 13.6. The number of nitrogens with zero attached hydrogens (tertiary/aromatic N) is 1. The van der Waals surface area contributed by atoms with E-state index in [1.165, 1.54) is 0 Å². The van der Waals surface area contributed by atoms with E-state index in [1.54, 1.807) is 31.0 Å². The van der Waals surface area contributed by atoms with Gasteiger partial charge in [0.05, 0.1) is 19.1 Å². The van der Waals surface area contributed by atoms with Crippen LogP contribution in [0.25, 0.3) is 10.8 Å². The van der Waals surface area contributed by atoms with Gasteiger partial charge < -0.3 is 14.0 Å². The molecule has 0 N–H and O–H groups in total. The molecule has 4 nitrogen and oxygen atoms in total. The first kappa shape index (κ1) is 14.2. The lowest BCUT2D eigenvalue weighted by Crippen LogP contribution is -2.15. The van der Waals surface area contributed by atoms with Crippen molar-refractivity contribution in [2.45, 2.75) is 6.42 Å². The molecule has 0 amide bonds. The summed E-state index contributed by atoms with van der Waals surface area (Å²) in [4.78, 5) is 12.1. The number of methoxy groups -OCH3 is 1. The van der Waals surface area contributed by atoms with E-state index in [0.29, 0.717) is 23.5 Å². The monoisotopic (exact) mass is 373 g/mol. The van der Waals surface area contributed by atoms with Gasteiger partial charge >= 0.3 is 0 Å². The maximum atomic E-state index is 12.1. The molecule has 19 heavy (non-hydrogen) atoms. The van der Waals surface area contributed by atoms with Gasteiger partial charge in [-0.25, -0.2) is 0 Å². The van der Waals surface area contributed by atoms with Crippen LogP contribution in [0.3, 0.4) is 0 Å². The second-order valence-corrected chi connectivity index (χ2v) is 5.29. The van der Waals surface area contributed by atoms with Crippen LogP contribution in [0.15, 0.2) is 29.2 Å². The first-order valence-electron chi connectivity index (χ1n) is 6.03. The van der Waals surface area contributed by atoms with Crippen molar-refractivity contribution in [3.05, 3.63) is 34.7 Å². The number of hydrogen-bond donors (Lipinski definition) is 0. The smallest absolute Gasteiger partial charge is 0.258 e. The number of alkyl halides is 1. The van der Waals surface area contributed by atoms with Gasteiger partial charge in [0.25, 0.3) is 5.56 Å². The summed E-state index contributed by atoms with van der Waals surface area (Å²) in [6, 6.07) is 5.51. The van der Waals surface area contributed by atoms with Crippen LogP contribution >= 0.6 is 22.6 Å². The fourth-order valence-corrected chi connectivity index (χ4v) is 2.17. The SMILES string of the molecule is COc1cc2ccn(C)c(=O)c2cc1OCCCI. The minimum Gasteiger partial charge on any atom is -0.493 e. The average molecular weight is 373 g/mol. The minimum atomic E-state index is -0.0288. The molecule has 0 saturated heterocycles. The zero-order valence-electron chi connectivity index (χ0n) is 11.0. The highest BCUT2D eigenvalue weighted by Crippen LogP contribution is 2.31. The summed E-state index contributed by atoms with van der Waals surface area (Å²) in [5.74, 6) is 1.29. The number of aryl methyl sites for hydroxylation is 1. The first-order valence-corrected chi connectivity index (χ1v) is 7.56. The lowest BCUT2D eigenvalue weighted by Gasteiger charge is -2.12. The summed E-state index contributed by atoms with van der Waals surface area (Å²) in [5.41, 5.74) is -0.0288. The predicted molar refractivity (Wildman–Crippen MR) is 84.7 cm³/mol. The molecule has 0 atom stereocenters. The van der Waals surface area contributed by atoms with Gasteiger partial charge in [-0.15, -0.1) is 0 Å². The molecule has 2 rings (SSSR count). The zero-order chi connectivity index (χ0) is 13.8. The first-order chi connectivity index (χ1) is 9.17. The van der Waals surface area contributed by atoms with Gasteiger partial charge in [-0.2, -0.15) is 0 Å². The third-order valence-corrected chi connectivity index (χ3v) is 3.66. The third-order valence-electron chi connectivity index (χ3n) is 2.90. The van der Waals surface area contributed by atoms with Gasteiger partial charge in [-0.1, -0.05) is 22.6 Å². The van der Waals surface area contributed by atoms with Crippen molar-refractivity contribution in [2.24, 2.45) is 7.05 Å². The number of ether oxygens (including phenoxy) is 2. The molecule has 0 aliphatic heterocycles. The van der Waals surface area contributed by atoms with Crippen molar-refractivity contribution in [2.75, 3.05) is 18.1 Å². The molecular weight excluding hydrogens is 357 g/mol. The molecule has 0 aliphatic carbocycles. The second kappa shape index (κ2) is 6.27. The number of hydrogen-bond acceptors (Lipinski definition) is 3. The molecular formula is C14H16INO3. The van der Waals surface area contributed by atoms with Gasteiger partial charge in [-0.05, 0) is 30.0 Å². The van der Waals surface area contributed by atoms with E-state index in [2.05, 4.69) is 22.6 Å². The minimum absolute atomic E-state index is 0.0288. The lowest BCUT2D eigenvalue weighted by atomic mass is 10.1. The Morgan fingerprint density at radius 3 is 2.79 bits per heavy atom. The van der Waals surface area contributed by atoms with Crippen molar-refractivity contribution in [1.82, 2.24) is 4.57 Å². The van der Waals surface area contributed by atoms with E-state index in [-0.39, 0.29) is 5.56 Å². The Morgan fingerprint density at radius 2 is 2.11 bits per heavy atom. The molecule has 1 aromatic heterocycles. The van der Waals surface area contributed by atoms with E-state index in [9.17, 15) is 4.79 Å². The van der Waals surface area contributed by atoms with Crippen LogP contribution in [0.1, 0.15) is 6.42 Å². The van der Waals surface area contributed by atoms with Gasteiger partial charge in [0.1, 0.15) is 0 Å². The molecule has 0 unspecified atom stereocenters. The Labute approximate surface area is 125 Å². The molecule has 0 radical (unpaired) electrons. The van der Waals surface area contributed by atoms with E-state index < -0.39 is 0 Å². The van der Waals surface area contributed by atoms with E-state index in [0.717, 1.165) is 16.2 Å². The molecule has 0 fully saturated rings. The Bertz CT molecular complexity index is 636. The van der Waals surface area contributed by atoms with Gasteiger partial charge in [0, 0.05) is 17.7 Å². The number of fused-ring (bicyclic) bond motifs is 1. The van der Waals surface area contributed by atoms with Crippen LogP contribution in [0.4, 0.5) is 0 Å². The number of halogens is 1. The number of benzene rings is 1. The van der Waals surface area contributed by atoms with Crippen LogP contribution in [-0.2, 0) is 7.05 Å². The molecule has 1 heterocycles. The fourth-order valence-electron chi connectivity index (χ4n) is 1.86. The quantitative estimate of drug-likeness (QED) is 0.460. The molecule has 2 aromatic rings. The molecule has 0 spiro atoms. The predicted octanol–water partition coefficient (Wildman–Crippen LogP) is 2.75. The molecule has 1 aromatic carbocycles. The van der Waals surface area contributed by atoms with E-state index in [4.69, 9.17) is 9.47 Å². The molecule has 5 heteroatoms. The van der Waals surface area contributed by atoms with Crippen LogP contribution in [0.2, 0.25) is 0 Å². The van der Waals surface area contributed by atoms with Crippen LogP contribution in [-0.4, -0.2) is 22.7 Å². The van der Waals surface area contributed by atoms with Crippen LogP contribution in [0, 0.1) is 0 Å². The number of aromatic nitrogens is 1. The Morgan fingerprint density at radius 1 is 1.32 bits per heavy atom. The Hall–Kier alpha value is -1.24. The normalized spacial score (nSPS) is 10.7.